The smallest absolute Gasteiger partial charge is 0.327 e. The standard InChI is InChI=1S/C29H31F2N7O3/c30-20-4-1-3-19(24(20)31)17-6-7-21(26-33-15-23(37(26)16-17)29(41)10-11-29)34-27(39)36-13-8-18(9-14-36)38-22-5-2-12-32-25(22)35-28(38)40/h1-5,12,15,17-18,21,41H,6-11,13-14,16H2,(H,34,39)(H,32,35,40)/t17-,21-/m1/s1. The van der Waals surface area contributed by atoms with E-state index in [1.54, 1.807) is 34.0 Å². The predicted octanol–water partition coefficient (Wildman–Crippen LogP) is 3.85. The molecule has 2 fully saturated rings. The summed E-state index contributed by atoms with van der Waals surface area (Å²) in [6.45, 7) is 1.28. The summed E-state index contributed by atoms with van der Waals surface area (Å²) in [6, 6.07) is 7.13. The minimum Gasteiger partial charge on any atom is -0.384 e. The van der Waals surface area contributed by atoms with Crippen LogP contribution in [0.25, 0.3) is 11.2 Å². The maximum absolute atomic E-state index is 14.8. The first-order valence-electron chi connectivity index (χ1n) is 14.2. The number of carbonyl (C=O) groups is 1. The second-order valence-corrected chi connectivity index (χ2v) is 11.5. The van der Waals surface area contributed by atoms with Crippen molar-refractivity contribution < 1.29 is 18.7 Å². The summed E-state index contributed by atoms with van der Waals surface area (Å²) in [6.07, 6.45) is 6.72. The number of hydrogen-bond acceptors (Lipinski definition) is 5. The summed E-state index contributed by atoms with van der Waals surface area (Å²) in [4.78, 5) is 39.5. The highest BCUT2D eigenvalue weighted by Gasteiger charge is 2.46. The van der Waals surface area contributed by atoms with Gasteiger partial charge in [0.1, 0.15) is 11.4 Å². The van der Waals surface area contributed by atoms with Crippen LogP contribution in [0.4, 0.5) is 13.6 Å². The summed E-state index contributed by atoms with van der Waals surface area (Å²) in [5.41, 5.74) is 1.05. The van der Waals surface area contributed by atoms with Crippen LogP contribution in [0.1, 0.15) is 73.6 Å². The molecule has 41 heavy (non-hydrogen) atoms. The lowest BCUT2D eigenvalue weighted by atomic mass is 9.92. The molecule has 0 spiro atoms. The molecular weight excluding hydrogens is 532 g/mol. The third-order valence-corrected chi connectivity index (χ3v) is 8.93. The van der Waals surface area contributed by atoms with Gasteiger partial charge in [-0.3, -0.25) is 9.55 Å². The SMILES string of the molecule is O=C(N[C@@H]1CC[C@@H](c2cccc(F)c2F)Cn2c(C3(O)CC3)cnc21)N1CCC(n2c(=O)[nH]c3ncccc32)CC1. The van der Waals surface area contributed by atoms with Crippen LogP contribution in [0.2, 0.25) is 0 Å². The monoisotopic (exact) mass is 563 g/mol. The first-order chi connectivity index (χ1) is 19.8. The number of nitrogens with one attached hydrogen (secondary N) is 2. The van der Waals surface area contributed by atoms with Gasteiger partial charge in [-0.25, -0.2) is 28.3 Å². The van der Waals surface area contributed by atoms with E-state index >= 15 is 0 Å². The zero-order valence-corrected chi connectivity index (χ0v) is 22.4. The summed E-state index contributed by atoms with van der Waals surface area (Å²) in [5.74, 6) is -1.48. The van der Waals surface area contributed by atoms with E-state index in [2.05, 4.69) is 20.3 Å². The Hall–Kier alpha value is -4.06. The molecule has 1 aromatic carbocycles. The Kier molecular flexibility index (Phi) is 6.18. The maximum atomic E-state index is 14.8. The highest BCUT2D eigenvalue weighted by molar-refractivity contribution is 5.75. The lowest BCUT2D eigenvalue weighted by Gasteiger charge is -2.33. The number of aromatic nitrogens is 5. The molecule has 2 atom stereocenters. The molecule has 3 aromatic heterocycles. The Morgan fingerprint density at radius 1 is 1.07 bits per heavy atom. The molecular formula is C29H31F2N7O3. The minimum absolute atomic E-state index is 0.0509. The van der Waals surface area contributed by atoms with E-state index in [0.717, 1.165) is 11.6 Å². The van der Waals surface area contributed by atoms with Crippen molar-refractivity contribution >= 4 is 17.2 Å². The molecule has 1 saturated heterocycles. The second kappa shape index (κ2) is 9.79. The summed E-state index contributed by atoms with van der Waals surface area (Å²) in [5, 5.41) is 14.1. The van der Waals surface area contributed by atoms with Crippen LogP contribution in [0.3, 0.4) is 0 Å². The van der Waals surface area contributed by atoms with Crippen LogP contribution < -0.4 is 11.0 Å². The van der Waals surface area contributed by atoms with Crippen LogP contribution in [0.5, 0.6) is 0 Å². The van der Waals surface area contributed by atoms with Crippen LogP contribution in [0.15, 0.2) is 47.5 Å². The van der Waals surface area contributed by atoms with Gasteiger partial charge in [-0.05, 0) is 62.3 Å². The number of rotatable bonds is 4. The number of aliphatic hydroxyl groups is 1. The van der Waals surface area contributed by atoms with E-state index in [0.29, 0.717) is 75.3 Å². The number of pyridine rings is 1. The van der Waals surface area contributed by atoms with Crippen molar-refractivity contribution in [1.82, 2.24) is 34.3 Å². The average Bonchev–Trinajstić information content (AvgIpc) is 3.48. The lowest BCUT2D eigenvalue weighted by Crippen LogP contribution is -2.46. The Bertz CT molecular complexity index is 1680. The van der Waals surface area contributed by atoms with Gasteiger partial charge in [0.05, 0.1) is 23.4 Å². The largest absolute Gasteiger partial charge is 0.384 e. The number of benzene rings is 1. The zero-order valence-electron chi connectivity index (χ0n) is 22.4. The van der Waals surface area contributed by atoms with Crippen molar-refractivity contribution in [2.45, 2.75) is 68.7 Å². The van der Waals surface area contributed by atoms with E-state index < -0.39 is 23.3 Å². The first-order valence-corrected chi connectivity index (χ1v) is 14.2. The summed E-state index contributed by atoms with van der Waals surface area (Å²) >= 11 is 0. The quantitative estimate of drug-likeness (QED) is 0.348. The number of likely N-dealkylation sites (tertiary alicyclic amines) is 1. The molecule has 2 amide bonds. The molecule has 1 saturated carbocycles. The number of fused-ring (bicyclic) bond motifs is 2. The zero-order chi connectivity index (χ0) is 28.3. The van der Waals surface area contributed by atoms with E-state index in [1.807, 2.05) is 10.6 Å². The highest BCUT2D eigenvalue weighted by Crippen LogP contribution is 2.47. The van der Waals surface area contributed by atoms with Crippen molar-refractivity contribution in [1.29, 1.82) is 0 Å². The fourth-order valence-corrected chi connectivity index (χ4v) is 6.53. The maximum Gasteiger partial charge on any atom is 0.327 e. The number of hydrogen-bond donors (Lipinski definition) is 3. The average molecular weight is 564 g/mol. The molecule has 10 nitrogen and oxygen atoms in total. The van der Waals surface area contributed by atoms with Crippen LogP contribution >= 0.6 is 0 Å². The minimum atomic E-state index is -0.979. The predicted molar refractivity (Wildman–Crippen MR) is 145 cm³/mol. The number of amides is 2. The van der Waals surface area contributed by atoms with Crippen LogP contribution in [0, 0.1) is 11.6 Å². The van der Waals surface area contributed by atoms with Gasteiger partial charge in [0.15, 0.2) is 17.3 Å². The Labute approximate surface area is 234 Å². The molecule has 7 rings (SSSR count). The number of carbonyl (C=O) groups excluding carboxylic acids is 1. The molecule has 1 aliphatic carbocycles. The number of piperidine rings is 1. The number of halogens is 2. The van der Waals surface area contributed by atoms with Gasteiger partial charge >= 0.3 is 11.7 Å². The fraction of sp³-hybridized carbons (Fsp3) is 0.448. The van der Waals surface area contributed by atoms with E-state index in [-0.39, 0.29) is 29.2 Å². The molecule has 2 aliphatic heterocycles. The highest BCUT2D eigenvalue weighted by atomic mass is 19.2. The van der Waals surface area contributed by atoms with Crippen molar-refractivity contribution in [3.63, 3.8) is 0 Å². The molecule has 214 valence electrons. The molecule has 0 unspecified atom stereocenters. The van der Waals surface area contributed by atoms with Gasteiger partial charge in [0.2, 0.25) is 0 Å². The third-order valence-electron chi connectivity index (χ3n) is 8.93. The van der Waals surface area contributed by atoms with E-state index in [9.17, 15) is 23.5 Å². The van der Waals surface area contributed by atoms with Gasteiger partial charge in [-0.2, -0.15) is 0 Å². The topological polar surface area (TPSA) is 121 Å². The third kappa shape index (κ3) is 4.50. The van der Waals surface area contributed by atoms with Gasteiger partial charge < -0.3 is 19.9 Å². The van der Waals surface area contributed by atoms with E-state index in [4.69, 9.17) is 0 Å². The number of nitrogens with zero attached hydrogens (tertiary/aromatic N) is 5. The van der Waals surface area contributed by atoms with Crippen molar-refractivity contribution in [2.24, 2.45) is 0 Å². The second-order valence-electron chi connectivity index (χ2n) is 11.5. The normalized spacial score (nSPS) is 22.4. The van der Waals surface area contributed by atoms with E-state index in [1.165, 1.54) is 6.07 Å². The fourth-order valence-electron chi connectivity index (χ4n) is 6.53. The van der Waals surface area contributed by atoms with Crippen LogP contribution in [-0.4, -0.2) is 53.2 Å². The molecule has 3 aliphatic rings. The van der Waals surface area contributed by atoms with Gasteiger partial charge in [0, 0.05) is 37.8 Å². The van der Waals surface area contributed by atoms with Crippen molar-refractivity contribution in [3.05, 3.63) is 81.9 Å². The first kappa shape index (κ1) is 25.9. The molecule has 3 N–H and O–H groups in total. The van der Waals surface area contributed by atoms with Crippen molar-refractivity contribution in [3.8, 4) is 0 Å². The van der Waals surface area contributed by atoms with Gasteiger partial charge in [-0.15, -0.1) is 0 Å². The number of imidazole rings is 2. The molecule has 5 heterocycles. The Balaban J connectivity index is 1.09. The molecule has 0 radical (unpaired) electrons. The van der Waals surface area contributed by atoms with Crippen molar-refractivity contribution in [2.75, 3.05) is 13.1 Å². The number of aromatic amines is 1. The molecule has 0 bridgehead atoms. The Morgan fingerprint density at radius 3 is 2.66 bits per heavy atom. The number of urea groups is 1. The molecule has 12 heteroatoms. The number of H-pyrrole nitrogens is 1. The lowest BCUT2D eigenvalue weighted by molar-refractivity contribution is 0.140. The van der Waals surface area contributed by atoms with Gasteiger partial charge in [-0.1, -0.05) is 12.1 Å². The summed E-state index contributed by atoms with van der Waals surface area (Å²) < 4.78 is 32.5. The summed E-state index contributed by atoms with van der Waals surface area (Å²) in [7, 11) is 0. The van der Waals surface area contributed by atoms with Gasteiger partial charge in [0.25, 0.3) is 0 Å². The molecule has 4 aromatic rings. The Morgan fingerprint density at radius 2 is 1.88 bits per heavy atom. The van der Waals surface area contributed by atoms with Crippen LogP contribution in [-0.2, 0) is 12.1 Å².